The number of aromatic nitrogens is 1. The Morgan fingerprint density at radius 2 is 1.72 bits per heavy atom. The molecule has 25 heavy (non-hydrogen) atoms. The zero-order valence-electron chi connectivity index (χ0n) is 15.0. The van der Waals surface area contributed by atoms with Gasteiger partial charge >= 0.3 is 0 Å². The van der Waals surface area contributed by atoms with Crippen molar-refractivity contribution in [3.05, 3.63) is 64.7 Å². The van der Waals surface area contributed by atoms with Crippen molar-refractivity contribution in [2.45, 2.75) is 32.7 Å². The topological polar surface area (TPSA) is 42.0 Å². The minimum Gasteiger partial charge on any atom is -0.325 e. The van der Waals surface area contributed by atoms with Crippen LogP contribution in [0.2, 0.25) is 0 Å². The maximum atomic E-state index is 12.3. The molecule has 1 N–H and O–H groups in total. The van der Waals surface area contributed by atoms with Crippen molar-refractivity contribution in [2.75, 3.05) is 11.1 Å². The highest BCUT2D eigenvalue weighted by molar-refractivity contribution is 7.99. The fraction of sp³-hybridized carbons (Fsp3) is 0.238. The summed E-state index contributed by atoms with van der Waals surface area (Å²) in [7, 11) is 0. The van der Waals surface area contributed by atoms with E-state index in [4.69, 9.17) is 4.98 Å². The third-order valence-corrected chi connectivity index (χ3v) is 4.99. The predicted molar refractivity (Wildman–Crippen MR) is 106 cm³/mol. The number of hydrogen-bond acceptors (Lipinski definition) is 3. The number of pyridine rings is 1. The summed E-state index contributed by atoms with van der Waals surface area (Å²) >= 11 is 1.47. The van der Waals surface area contributed by atoms with Gasteiger partial charge in [-0.2, -0.15) is 0 Å². The third kappa shape index (κ3) is 4.20. The van der Waals surface area contributed by atoms with E-state index < -0.39 is 0 Å². The first-order valence-electron chi connectivity index (χ1n) is 8.30. The van der Waals surface area contributed by atoms with E-state index in [2.05, 4.69) is 49.5 Å². The Hall–Kier alpha value is -2.33. The summed E-state index contributed by atoms with van der Waals surface area (Å²) in [6, 6.07) is 14.3. The number of fused-ring (bicyclic) bond motifs is 1. The van der Waals surface area contributed by atoms with Crippen LogP contribution in [0.25, 0.3) is 10.9 Å². The second-order valence-electron chi connectivity index (χ2n) is 6.46. The van der Waals surface area contributed by atoms with E-state index >= 15 is 0 Å². The monoisotopic (exact) mass is 350 g/mol. The highest BCUT2D eigenvalue weighted by Crippen LogP contribution is 2.25. The Bertz CT molecular complexity index is 930. The molecule has 0 unspecified atom stereocenters. The highest BCUT2D eigenvalue weighted by atomic mass is 32.2. The van der Waals surface area contributed by atoms with Gasteiger partial charge in [0.1, 0.15) is 0 Å². The number of carbonyl (C=O) groups excluding carboxylic acids is 1. The van der Waals surface area contributed by atoms with Gasteiger partial charge in [0, 0.05) is 11.1 Å². The largest absolute Gasteiger partial charge is 0.325 e. The molecule has 0 saturated carbocycles. The Labute approximate surface area is 152 Å². The standard InChI is InChI=1S/C21H22N2OS/c1-13-8-14(2)10-17(9-13)22-19(24)12-25-20-11-16(4)18-7-5-6-15(3)21(18)23-20/h5-11H,12H2,1-4H3,(H,22,24). The summed E-state index contributed by atoms with van der Waals surface area (Å²) < 4.78 is 0. The molecule has 1 aromatic heterocycles. The quantitative estimate of drug-likeness (QED) is 0.658. The van der Waals surface area contributed by atoms with E-state index in [0.29, 0.717) is 5.75 Å². The molecule has 0 aliphatic carbocycles. The van der Waals surface area contributed by atoms with Gasteiger partial charge in [-0.25, -0.2) is 4.98 Å². The third-order valence-electron chi connectivity index (χ3n) is 4.08. The Balaban J connectivity index is 1.72. The zero-order chi connectivity index (χ0) is 18.0. The van der Waals surface area contributed by atoms with Crippen LogP contribution in [-0.4, -0.2) is 16.6 Å². The fourth-order valence-corrected chi connectivity index (χ4v) is 3.76. The van der Waals surface area contributed by atoms with Crippen LogP contribution in [0.5, 0.6) is 0 Å². The summed E-state index contributed by atoms with van der Waals surface area (Å²) in [6.45, 7) is 8.21. The number of thioether (sulfide) groups is 1. The molecule has 0 bridgehead atoms. The molecule has 128 valence electrons. The summed E-state index contributed by atoms with van der Waals surface area (Å²) in [5.41, 5.74) is 6.49. The van der Waals surface area contributed by atoms with Crippen LogP contribution in [0.15, 0.2) is 47.5 Å². The van der Waals surface area contributed by atoms with E-state index in [1.54, 1.807) is 0 Å². The molecule has 0 aliphatic rings. The Morgan fingerprint density at radius 1 is 1.00 bits per heavy atom. The van der Waals surface area contributed by atoms with Crippen LogP contribution < -0.4 is 5.32 Å². The summed E-state index contributed by atoms with van der Waals surface area (Å²) in [6.07, 6.45) is 0. The molecule has 3 rings (SSSR count). The van der Waals surface area contributed by atoms with E-state index in [9.17, 15) is 4.79 Å². The molecular weight excluding hydrogens is 328 g/mol. The highest BCUT2D eigenvalue weighted by Gasteiger charge is 2.09. The number of carbonyl (C=O) groups is 1. The molecule has 1 heterocycles. The van der Waals surface area contributed by atoms with Crippen molar-refractivity contribution >= 4 is 34.3 Å². The van der Waals surface area contributed by atoms with Gasteiger partial charge in [-0.15, -0.1) is 0 Å². The number of amides is 1. The molecule has 0 spiro atoms. The first kappa shape index (κ1) is 17.5. The van der Waals surface area contributed by atoms with Crippen LogP contribution in [0.1, 0.15) is 22.3 Å². The number of nitrogens with one attached hydrogen (secondary N) is 1. The van der Waals surface area contributed by atoms with Gasteiger partial charge in [-0.05, 0) is 68.1 Å². The minimum absolute atomic E-state index is 0.0145. The molecule has 0 fully saturated rings. The van der Waals surface area contributed by atoms with Gasteiger partial charge < -0.3 is 5.32 Å². The van der Waals surface area contributed by atoms with Crippen LogP contribution in [-0.2, 0) is 4.79 Å². The smallest absolute Gasteiger partial charge is 0.234 e. The molecule has 3 aromatic rings. The molecule has 0 saturated heterocycles. The van der Waals surface area contributed by atoms with Crippen LogP contribution in [0.3, 0.4) is 0 Å². The number of nitrogens with zero attached hydrogens (tertiary/aromatic N) is 1. The number of para-hydroxylation sites is 1. The molecule has 0 aliphatic heterocycles. The van der Waals surface area contributed by atoms with Gasteiger partial charge in [0.2, 0.25) is 5.91 Å². The van der Waals surface area contributed by atoms with Crippen molar-refractivity contribution < 1.29 is 4.79 Å². The van der Waals surface area contributed by atoms with Gasteiger partial charge in [0.25, 0.3) is 0 Å². The van der Waals surface area contributed by atoms with E-state index in [1.807, 2.05) is 26.0 Å². The fourth-order valence-electron chi connectivity index (χ4n) is 2.99. The lowest BCUT2D eigenvalue weighted by molar-refractivity contribution is -0.113. The first-order valence-corrected chi connectivity index (χ1v) is 9.29. The van der Waals surface area contributed by atoms with Gasteiger partial charge in [0.15, 0.2) is 0 Å². The van der Waals surface area contributed by atoms with Gasteiger partial charge in [-0.1, -0.05) is 36.0 Å². The van der Waals surface area contributed by atoms with Crippen molar-refractivity contribution in [2.24, 2.45) is 0 Å². The van der Waals surface area contributed by atoms with Crippen molar-refractivity contribution in [3.63, 3.8) is 0 Å². The van der Waals surface area contributed by atoms with Gasteiger partial charge in [-0.3, -0.25) is 4.79 Å². The number of hydrogen-bond donors (Lipinski definition) is 1. The number of benzene rings is 2. The maximum absolute atomic E-state index is 12.3. The number of aryl methyl sites for hydroxylation is 4. The Kier molecular flexibility index (Phi) is 5.09. The Morgan fingerprint density at radius 3 is 2.44 bits per heavy atom. The average molecular weight is 350 g/mol. The second-order valence-corrected chi connectivity index (χ2v) is 7.46. The zero-order valence-corrected chi connectivity index (χ0v) is 15.8. The molecular formula is C21H22N2OS. The van der Waals surface area contributed by atoms with Crippen molar-refractivity contribution in [1.82, 2.24) is 4.98 Å². The van der Waals surface area contributed by atoms with E-state index in [0.717, 1.165) is 32.9 Å². The van der Waals surface area contributed by atoms with Crippen molar-refractivity contribution in [3.8, 4) is 0 Å². The van der Waals surface area contributed by atoms with E-state index in [-0.39, 0.29) is 5.91 Å². The lowest BCUT2D eigenvalue weighted by Crippen LogP contribution is -2.14. The van der Waals surface area contributed by atoms with E-state index in [1.165, 1.54) is 22.7 Å². The lowest BCUT2D eigenvalue weighted by atomic mass is 10.1. The summed E-state index contributed by atoms with van der Waals surface area (Å²) in [5.74, 6) is 0.330. The van der Waals surface area contributed by atoms with Crippen molar-refractivity contribution in [1.29, 1.82) is 0 Å². The van der Waals surface area contributed by atoms with Gasteiger partial charge in [0.05, 0.1) is 16.3 Å². The molecule has 4 heteroatoms. The molecule has 0 radical (unpaired) electrons. The number of rotatable bonds is 4. The average Bonchev–Trinajstić information content (AvgIpc) is 2.53. The SMILES string of the molecule is Cc1cc(C)cc(NC(=O)CSc2cc(C)c3cccc(C)c3n2)c1. The number of anilines is 1. The molecule has 3 nitrogen and oxygen atoms in total. The minimum atomic E-state index is -0.0145. The van der Waals surface area contributed by atoms with Crippen LogP contribution in [0.4, 0.5) is 5.69 Å². The summed E-state index contributed by atoms with van der Waals surface area (Å²) in [5, 5.41) is 5.02. The second kappa shape index (κ2) is 7.28. The normalized spacial score (nSPS) is 10.9. The lowest BCUT2D eigenvalue weighted by Gasteiger charge is -2.09. The van der Waals surface area contributed by atoms with Crippen LogP contribution in [0, 0.1) is 27.7 Å². The maximum Gasteiger partial charge on any atom is 0.234 e. The molecule has 1 amide bonds. The van der Waals surface area contributed by atoms with Crippen LogP contribution >= 0.6 is 11.8 Å². The summed E-state index contributed by atoms with van der Waals surface area (Å²) in [4.78, 5) is 17.0. The predicted octanol–water partition coefficient (Wildman–Crippen LogP) is 5.20. The molecule has 2 aromatic carbocycles. The molecule has 0 atom stereocenters. The first-order chi connectivity index (χ1) is 11.9.